The number of benzene rings is 3. The van der Waals surface area contributed by atoms with Gasteiger partial charge >= 0.3 is 11.9 Å². The van der Waals surface area contributed by atoms with Gasteiger partial charge < -0.3 is 18.9 Å². The van der Waals surface area contributed by atoms with E-state index in [0.29, 0.717) is 11.1 Å². The van der Waals surface area contributed by atoms with Gasteiger partial charge in [-0.1, -0.05) is 49.6 Å². The summed E-state index contributed by atoms with van der Waals surface area (Å²) in [5.74, 6) is -2.64. The van der Waals surface area contributed by atoms with Gasteiger partial charge in [0.25, 0.3) is 0 Å². The van der Waals surface area contributed by atoms with Crippen molar-refractivity contribution >= 4 is 11.9 Å². The van der Waals surface area contributed by atoms with Crippen molar-refractivity contribution in [3.8, 4) is 33.8 Å². The minimum Gasteiger partial charge on any atom is -0.459 e. The van der Waals surface area contributed by atoms with Crippen LogP contribution in [0.5, 0.6) is 11.5 Å². The van der Waals surface area contributed by atoms with Crippen LogP contribution >= 0.6 is 0 Å². The predicted molar refractivity (Wildman–Crippen MR) is 129 cm³/mol. The highest BCUT2D eigenvalue weighted by Gasteiger charge is 2.09. The van der Waals surface area contributed by atoms with E-state index in [9.17, 15) is 18.4 Å². The third-order valence-electron chi connectivity index (χ3n) is 4.62. The van der Waals surface area contributed by atoms with E-state index < -0.39 is 23.6 Å². The monoisotopic (exact) mass is 490 g/mol. The van der Waals surface area contributed by atoms with E-state index >= 15 is 0 Å². The molecule has 0 atom stereocenters. The minimum absolute atomic E-state index is 0.0484. The lowest BCUT2D eigenvalue weighted by molar-refractivity contribution is -0.133. The molecule has 0 saturated carbocycles. The quantitative estimate of drug-likeness (QED) is 0.185. The van der Waals surface area contributed by atoms with Crippen LogP contribution in [0.1, 0.15) is 0 Å². The highest BCUT2D eigenvalue weighted by atomic mass is 19.1. The molecule has 3 rings (SSSR count). The fraction of sp³-hybridized carbons (Fsp3) is 0. The number of rotatable bonds is 10. The Balaban J connectivity index is 1.66. The van der Waals surface area contributed by atoms with E-state index in [0.717, 1.165) is 48.3 Å². The molecule has 0 spiro atoms. The van der Waals surface area contributed by atoms with Crippen molar-refractivity contribution in [2.45, 2.75) is 0 Å². The van der Waals surface area contributed by atoms with E-state index in [1.54, 1.807) is 36.4 Å². The molecule has 6 nitrogen and oxygen atoms in total. The second-order valence-electron chi connectivity index (χ2n) is 6.93. The summed E-state index contributed by atoms with van der Waals surface area (Å²) in [6.07, 6.45) is 6.01. The molecule has 0 aliphatic rings. The molecule has 0 fully saturated rings. The molecule has 0 radical (unpaired) electrons. The summed E-state index contributed by atoms with van der Waals surface area (Å²) in [7, 11) is 0. The van der Waals surface area contributed by atoms with Gasteiger partial charge in [-0.2, -0.15) is 0 Å². The Labute approximate surface area is 206 Å². The average Bonchev–Trinajstić information content (AvgIpc) is 2.90. The van der Waals surface area contributed by atoms with Gasteiger partial charge in [-0.3, -0.25) is 0 Å². The smallest absolute Gasteiger partial charge is 0.335 e. The molecule has 8 heteroatoms. The Bertz CT molecular complexity index is 1220. The van der Waals surface area contributed by atoms with Crippen molar-refractivity contribution in [1.82, 2.24) is 0 Å². The molecule has 0 heterocycles. The highest BCUT2D eigenvalue weighted by Crippen LogP contribution is 2.30. The van der Waals surface area contributed by atoms with Crippen LogP contribution in [0.15, 0.2) is 111 Å². The molecule has 0 amide bonds. The Morgan fingerprint density at radius 2 is 0.944 bits per heavy atom. The predicted octanol–water partition coefficient (Wildman–Crippen LogP) is 6.46. The van der Waals surface area contributed by atoms with Gasteiger partial charge in [0.15, 0.2) is 23.1 Å². The number of carbonyl (C=O) groups excluding carboxylic acids is 2. The molecule has 0 aliphatic heterocycles. The molecule has 182 valence electrons. The van der Waals surface area contributed by atoms with Gasteiger partial charge in [-0.25, -0.2) is 18.4 Å². The summed E-state index contributed by atoms with van der Waals surface area (Å²) >= 11 is 0. The largest absolute Gasteiger partial charge is 0.459 e. The van der Waals surface area contributed by atoms with Crippen molar-refractivity contribution in [3.05, 3.63) is 123 Å². The summed E-state index contributed by atoms with van der Waals surface area (Å²) < 4.78 is 48.3. The molecule has 0 bridgehead atoms. The Kier molecular flexibility index (Phi) is 8.88. The molecular formula is C28H20F2O6. The van der Waals surface area contributed by atoms with E-state index in [-0.39, 0.29) is 11.5 Å². The van der Waals surface area contributed by atoms with E-state index in [2.05, 4.69) is 22.6 Å². The molecule has 3 aromatic carbocycles. The Morgan fingerprint density at radius 1 is 0.583 bits per heavy atom. The number of ether oxygens (including phenoxy) is 4. The molecule has 0 aromatic heterocycles. The van der Waals surface area contributed by atoms with Crippen LogP contribution in [0.25, 0.3) is 22.3 Å². The van der Waals surface area contributed by atoms with Crippen LogP contribution in [-0.2, 0) is 19.1 Å². The number of halogens is 2. The standard InChI is InChI=1S/C28H20F2O6/c1-3-27(31)35-15-13-33-25-11-9-21(17-23(25)29)19-5-7-20(8-6-19)22-10-12-26(24(30)18-22)34-14-16-36-28(32)4-2/h3-18H,1-2H2/b15-13-,16-14-. The molecule has 3 aromatic rings. The first kappa shape index (κ1) is 25.6. The number of carbonyl (C=O) groups is 2. The average molecular weight is 490 g/mol. The van der Waals surface area contributed by atoms with Crippen molar-refractivity contribution in [2.75, 3.05) is 0 Å². The van der Waals surface area contributed by atoms with Gasteiger partial charge in [0, 0.05) is 12.2 Å². The van der Waals surface area contributed by atoms with Crippen molar-refractivity contribution in [2.24, 2.45) is 0 Å². The molecule has 0 saturated heterocycles. The van der Waals surface area contributed by atoms with Crippen LogP contribution in [-0.4, -0.2) is 11.9 Å². The van der Waals surface area contributed by atoms with Crippen LogP contribution in [0.4, 0.5) is 8.78 Å². The Morgan fingerprint density at radius 3 is 1.28 bits per heavy atom. The van der Waals surface area contributed by atoms with Crippen molar-refractivity contribution in [1.29, 1.82) is 0 Å². The third-order valence-corrected chi connectivity index (χ3v) is 4.62. The molecule has 36 heavy (non-hydrogen) atoms. The van der Waals surface area contributed by atoms with E-state index in [1.807, 2.05) is 0 Å². The van der Waals surface area contributed by atoms with Crippen LogP contribution < -0.4 is 9.47 Å². The molecular weight excluding hydrogens is 470 g/mol. The van der Waals surface area contributed by atoms with E-state index in [1.165, 1.54) is 24.3 Å². The maximum Gasteiger partial charge on any atom is 0.335 e. The first-order valence-corrected chi connectivity index (χ1v) is 10.4. The first-order chi connectivity index (χ1) is 17.4. The summed E-state index contributed by atoms with van der Waals surface area (Å²) in [5.41, 5.74) is 2.68. The lowest BCUT2D eigenvalue weighted by atomic mass is 10.00. The summed E-state index contributed by atoms with van der Waals surface area (Å²) in [6, 6.07) is 15.9. The van der Waals surface area contributed by atoms with Gasteiger partial charge in [0.1, 0.15) is 25.0 Å². The van der Waals surface area contributed by atoms with Gasteiger partial charge in [-0.15, -0.1) is 0 Å². The maximum absolute atomic E-state index is 14.4. The minimum atomic E-state index is -0.665. The summed E-state index contributed by atoms with van der Waals surface area (Å²) in [6.45, 7) is 6.50. The number of hydrogen-bond acceptors (Lipinski definition) is 6. The van der Waals surface area contributed by atoms with Crippen molar-refractivity contribution in [3.63, 3.8) is 0 Å². The zero-order valence-electron chi connectivity index (χ0n) is 18.9. The second-order valence-corrected chi connectivity index (χ2v) is 6.93. The van der Waals surface area contributed by atoms with Gasteiger partial charge in [0.2, 0.25) is 0 Å². The van der Waals surface area contributed by atoms with Crippen LogP contribution in [0.3, 0.4) is 0 Å². The molecule has 0 aliphatic carbocycles. The first-order valence-electron chi connectivity index (χ1n) is 10.4. The van der Waals surface area contributed by atoms with Crippen LogP contribution in [0.2, 0.25) is 0 Å². The zero-order valence-corrected chi connectivity index (χ0v) is 18.9. The van der Waals surface area contributed by atoms with Crippen LogP contribution in [0, 0.1) is 11.6 Å². The lowest BCUT2D eigenvalue weighted by Crippen LogP contribution is -1.94. The summed E-state index contributed by atoms with van der Waals surface area (Å²) in [4.78, 5) is 21.9. The SMILES string of the molecule is C=CC(=O)O/C=C\Oc1ccc(-c2ccc(-c3ccc(O/C=C\OC(=O)C=C)c(F)c3)cc2)cc1F. The topological polar surface area (TPSA) is 71.1 Å². The number of hydrogen-bond donors (Lipinski definition) is 0. The second kappa shape index (κ2) is 12.5. The summed E-state index contributed by atoms with van der Waals surface area (Å²) in [5, 5.41) is 0. The van der Waals surface area contributed by atoms with Gasteiger partial charge in [-0.05, 0) is 46.5 Å². The normalized spacial score (nSPS) is 10.7. The fourth-order valence-electron chi connectivity index (χ4n) is 2.90. The van der Waals surface area contributed by atoms with Gasteiger partial charge in [0.05, 0.1) is 0 Å². The molecule has 0 unspecified atom stereocenters. The molecule has 0 N–H and O–H groups in total. The third kappa shape index (κ3) is 7.01. The fourth-order valence-corrected chi connectivity index (χ4v) is 2.90. The number of esters is 2. The van der Waals surface area contributed by atoms with E-state index in [4.69, 9.17) is 9.47 Å². The highest BCUT2D eigenvalue weighted by molar-refractivity contribution is 5.82. The lowest BCUT2D eigenvalue weighted by Gasteiger charge is -2.08. The Hall–Kier alpha value is -4.98. The van der Waals surface area contributed by atoms with Crippen molar-refractivity contribution < 1.29 is 37.3 Å². The maximum atomic E-state index is 14.4. The zero-order chi connectivity index (χ0) is 25.9.